The van der Waals surface area contributed by atoms with Crippen LogP contribution in [0.1, 0.15) is 24.0 Å². The van der Waals surface area contributed by atoms with Crippen LogP contribution in [0.4, 0.5) is 0 Å². The van der Waals surface area contributed by atoms with Gasteiger partial charge in [-0.3, -0.25) is 9.59 Å². The first-order valence-electron chi connectivity index (χ1n) is 8.82. The summed E-state index contributed by atoms with van der Waals surface area (Å²) in [5.41, 5.74) is 5.26. The average molecular weight is 414 g/mol. The van der Waals surface area contributed by atoms with E-state index in [0.29, 0.717) is 11.1 Å². The molecule has 2 rings (SSSR count). The Labute approximate surface area is 172 Å². The highest BCUT2D eigenvalue weighted by Crippen LogP contribution is 2.28. The number of benzene rings is 2. The van der Waals surface area contributed by atoms with E-state index in [-0.39, 0.29) is 35.8 Å². The molecule has 0 fully saturated rings. The summed E-state index contributed by atoms with van der Waals surface area (Å²) in [7, 11) is 2.85. The lowest BCUT2D eigenvalue weighted by Crippen LogP contribution is -2.22. The Hall–Kier alpha value is -4.08. The molecule has 0 aliphatic carbocycles. The summed E-state index contributed by atoms with van der Waals surface area (Å²) in [4.78, 5) is 23.6. The number of methoxy groups -OCH3 is 2. The highest BCUT2D eigenvalue weighted by molar-refractivity contribution is 5.88. The van der Waals surface area contributed by atoms with Gasteiger partial charge in [0.15, 0.2) is 23.0 Å². The van der Waals surface area contributed by atoms with E-state index < -0.39 is 11.8 Å². The summed E-state index contributed by atoms with van der Waals surface area (Å²) in [6.07, 6.45) is 2.29. The van der Waals surface area contributed by atoms with Crippen molar-refractivity contribution in [2.45, 2.75) is 12.8 Å². The molecule has 0 aromatic heterocycles. The molecular formula is C20H22N4O6. The van der Waals surface area contributed by atoms with Gasteiger partial charge in [0, 0.05) is 24.0 Å². The third kappa shape index (κ3) is 6.23. The number of amides is 2. The summed E-state index contributed by atoms with van der Waals surface area (Å²) in [5, 5.41) is 27.3. The molecule has 0 unspecified atom stereocenters. The second-order valence-electron chi connectivity index (χ2n) is 5.88. The minimum Gasteiger partial charge on any atom is -0.504 e. The van der Waals surface area contributed by atoms with Crippen LogP contribution in [-0.4, -0.2) is 48.7 Å². The summed E-state index contributed by atoms with van der Waals surface area (Å²) < 4.78 is 9.96. The fourth-order valence-electron chi connectivity index (χ4n) is 2.30. The van der Waals surface area contributed by atoms with E-state index in [4.69, 9.17) is 9.47 Å². The van der Waals surface area contributed by atoms with Crippen molar-refractivity contribution in [3.8, 4) is 23.0 Å². The van der Waals surface area contributed by atoms with Crippen LogP contribution < -0.4 is 20.3 Å². The fourth-order valence-corrected chi connectivity index (χ4v) is 2.30. The van der Waals surface area contributed by atoms with Crippen molar-refractivity contribution in [1.82, 2.24) is 10.9 Å². The Balaban J connectivity index is 1.78. The zero-order valence-electron chi connectivity index (χ0n) is 16.5. The first-order valence-corrected chi connectivity index (χ1v) is 8.82. The predicted molar refractivity (Wildman–Crippen MR) is 110 cm³/mol. The molecule has 0 saturated heterocycles. The van der Waals surface area contributed by atoms with Gasteiger partial charge in [-0.2, -0.15) is 10.2 Å². The number of carbonyl (C=O) groups excluding carboxylic acids is 2. The number of carbonyl (C=O) groups is 2. The van der Waals surface area contributed by atoms with Crippen LogP contribution in [0.2, 0.25) is 0 Å². The van der Waals surface area contributed by atoms with Gasteiger partial charge in [0.1, 0.15) is 0 Å². The number of ether oxygens (including phenoxy) is 2. The predicted octanol–water partition coefficient (Wildman–Crippen LogP) is 1.50. The number of nitrogens with zero attached hydrogens (tertiary/aromatic N) is 2. The number of phenolic OH excluding ortho intramolecular Hbond substituents is 2. The third-order valence-electron chi connectivity index (χ3n) is 3.87. The van der Waals surface area contributed by atoms with Crippen LogP contribution in [0.25, 0.3) is 0 Å². The van der Waals surface area contributed by atoms with Crippen molar-refractivity contribution >= 4 is 24.2 Å². The van der Waals surface area contributed by atoms with Crippen molar-refractivity contribution in [2.24, 2.45) is 10.2 Å². The second kappa shape index (κ2) is 11.1. The lowest BCUT2D eigenvalue weighted by atomic mass is 10.2. The molecule has 10 heteroatoms. The molecule has 4 N–H and O–H groups in total. The monoisotopic (exact) mass is 414 g/mol. The minimum absolute atomic E-state index is 0.0997. The van der Waals surface area contributed by atoms with Crippen molar-refractivity contribution < 1.29 is 29.3 Å². The van der Waals surface area contributed by atoms with Crippen LogP contribution >= 0.6 is 0 Å². The van der Waals surface area contributed by atoms with Crippen LogP contribution in [-0.2, 0) is 9.59 Å². The highest BCUT2D eigenvalue weighted by atomic mass is 16.5. The van der Waals surface area contributed by atoms with Crippen molar-refractivity contribution in [2.75, 3.05) is 14.2 Å². The largest absolute Gasteiger partial charge is 0.504 e. The van der Waals surface area contributed by atoms with Crippen LogP contribution in [0.5, 0.6) is 23.0 Å². The summed E-state index contributed by atoms with van der Waals surface area (Å²) >= 11 is 0. The van der Waals surface area contributed by atoms with Gasteiger partial charge >= 0.3 is 0 Å². The van der Waals surface area contributed by atoms with Crippen LogP contribution in [0.15, 0.2) is 46.6 Å². The van der Waals surface area contributed by atoms with Gasteiger partial charge in [0.05, 0.1) is 26.6 Å². The normalized spacial score (nSPS) is 10.9. The van der Waals surface area contributed by atoms with E-state index in [9.17, 15) is 19.8 Å². The maximum Gasteiger partial charge on any atom is 0.240 e. The summed E-state index contributed by atoms with van der Waals surface area (Å²) in [6.45, 7) is 0. The Kier molecular flexibility index (Phi) is 8.18. The quantitative estimate of drug-likeness (QED) is 0.362. The molecule has 30 heavy (non-hydrogen) atoms. The molecule has 158 valence electrons. The van der Waals surface area contributed by atoms with Gasteiger partial charge in [0.2, 0.25) is 11.8 Å². The Morgan fingerprint density at radius 3 is 1.60 bits per heavy atom. The van der Waals surface area contributed by atoms with E-state index in [1.807, 2.05) is 0 Å². The number of aromatic hydroxyl groups is 2. The van der Waals surface area contributed by atoms with Gasteiger partial charge in [-0.1, -0.05) is 12.1 Å². The first-order chi connectivity index (χ1) is 14.5. The molecular weight excluding hydrogens is 392 g/mol. The minimum atomic E-state index is -0.488. The molecule has 2 aromatic carbocycles. The highest BCUT2D eigenvalue weighted by Gasteiger charge is 2.08. The van der Waals surface area contributed by atoms with Gasteiger partial charge < -0.3 is 19.7 Å². The number of phenols is 2. The fraction of sp³-hybridized carbons (Fsp3) is 0.200. The van der Waals surface area contributed by atoms with Crippen molar-refractivity contribution in [3.05, 3.63) is 47.5 Å². The van der Waals surface area contributed by atoms with Crippen molar-refractivity contribution in [3.63, 3.8) is 0 Å². The maximum absolute atomic E-state index is 11.8. The molecule has 0 atom stereocenters. The van der Waals surface area contributed by atoms with Gasteiger partial charge in [-0.25, -0.2) is 10.9 Å². The van der Waals surface area contributed by atoms with Crippen molar-refractivity contribution in [1.29, 1.82) is 0 Å². The first kappa shape index (κ1) is 22.2. The van der Waals surface area contributed by atoms with E-state index in [1.54, 1.807) is 36.4 Å². The molecule has 0 spiro atoms. The van der Waals surface area contributed by atoms with E-state index in [0.717, 1.165) is 0 Å². The molecule has 10 nitrogen and oxygen atoms in total. The van der Waals surface area contributed by atoms with Gasteiger partial charge in [-0.15, -0.1) is 0 Å². The third-order valence-corrected chi connectivity index (χ3v) is 3.87. The molecule has 2 aromatic rings. The molecule has 0 saturated carbocycles. The summed E-state index contributed by atoms with van der Waals surface area (Å²) in [5.74, 6) is -0.611. The second-order valence-corrected chi connectivity index (χ2v) is 5.88. The average Bonchev–Trinajstić information content (AvgIpc) is 2.74. The topological polar surface area (TPSA) is 142 Å². The van der Waals surface area contributed by atoms with Gasteiger partial charge in [-0.05, 0) is 24.3 Å². The Bertz CT molecular complexity index is 881. The Morgan fingerprint density at radius 1 is 0.833 bits per heavy atom. The number of hydrogen-bond donors (Lipinski definition) is 4. The summed E-state index contributed by atoms with van der Waals surface area (Å²) in [6, 6.07) is 9.69. The van der Waals surface area contributed by atoms with E-state index in [1.165, 1.54) is 26.6 Å². The number of hydrazone groups is 2. The molecule has 0 radical (unpaired) electrons. The lowest BCUT2D eigenvalue weighted by molar-refractivity contribution is -0.126. The van der Waals surface area contributed by atoms with Gasteiger partial charge in [0.25, 0.3) is 0 Å². The number of nitrogens with one attached hydrogen (secondary N) is 2. The molecule has 0 aliphatic heterocycles. The zero-order valence-corrected chi connectivity index (χ0v) is 16.5. The van der Waals surface area contributed by atoms with E-state index >= 15 is 0 Å². The van der Waals surface area contributed by atoms with Crippen LogP contribution in [0, 0.1) is 0 Å². The number of rotatable bonds is 9. The number of hydrogen-bond acceptors (Lipinski definition) is 8. The molecule has 0 bridgehead atoms. The molecule has 0 aliphatic rings. The maximum atomic E-state index is 11.8. The molecule has 2 amide bonds. The van der Waals surface area contributed by atoms with E-state index in [2.05, 4.69) is 21.1 Å². The zero-order chi connectivity index (χ0) is 21.9. The van der Waals surface area contributed by atoms with Crippen LogP contribution in [0.3, 0.4) is 0 Å². The molecule has 0 heterocycles. The smallest absolute Gasteiger partial charge is 0.240 e. The number of para-hydroxylation sites is 2. The Morgan fingerprint density at radius 2 is 1.23 bits per heavy atom. The standard InChI is InChI=1S/C20H22N4O6/c1-29-15-7-3-5-13(19(15)27)11-21-23-17(25)9-10-18(26)24-22-12-14-6-4-8-16(30-2)20(14)28/h3-8,11-12,27-28H,9-10H2,1-2H3,(H,23,25)(H,24,26)/b21-11-,22-12-. The SMILES string of the molecule is COc1cccc(/C=N\NC(=O)CCC(=O)N/N=C\c2cccc(OC)c2O)c1O. The lowest BCUT2D eigenvalue weighted by Gasteiger charge is -2.05.